The Morgan fingerprint density at radius 2 is 1.68 bits per heavy atom. The van der Waals surface area contributed by atoms with Gasteiger partial charge in [-0.25, -0.2) is 0 Å². The van der Waals surface area contributed by atoms with Crippen LogP contribution in [-0.2, 0) is 0 Å². The Morgan fingerprint density at radius 1 is 1.00 bits per heavy atom. The van der Waals surface area contributed by atoms with Gasteiger partial charge in [-0.1, -0.05) is 112 Å². The van der Waals surface area contributed by atoms with Crippen LogP contribution in [0.3, 0.4) is 0 Å². The lowest BCUT2D eigenvalue weighted by atomic mass is 10.00. The molecule has 2 aliphatic rings. The molecule has 0 saturated heterocycles. The maximum absolute atomic E-state index is 2.64. The molecular weight excluding hydrogens is 280 g/mol. The van der Waals surface area contributed by atoms with E-state index in [4.69, 9.17) is 0 Å². The van der Waals surface area contributed by atoms with Crippen molar-refractivity contribution < 1.29 is 0 Å². The van der Waals surface area contributed by atoms with Crippen LogP contribution in [0.25, 0.3) is 0 Å². The molecule has 0 heterocycles. The molecule has 3 rings (SSSR count). The predicted molar refractivity (Wildman–Crippen MR) is 99.8 cm³/mol. The fraction of sp³-hybridized carbons (Fsp3) is 0.476. The van der Waals surface area contributed by atoms with Crippen molar-refractivity contribution in [1.29, 1.82) is 0 Å². The molecule has 1 atom stereocenters. The Kier molecular flexibility index (Phi) is 4.72. The van der Waals surface area contributed by atoms with Gasteiger partial charge in [0.2, 0.25) is 0 Å². The number of hydrogen-bond donors (Lipinski definition) is 0. The first-order valence-corrected chi connectivity index (χ1v) is 11.5. The third-order valence-corrected chi connectivity index (χ3v) is 11.1. The van der Waals surface area contributed by atoms with Crippen molar-refractivity contribution in [3.63, 3.8) is 0 Å². The number of rotatable bonds is 4. The van der Waals surface area contributed by atoms with Crippen LogP contribution in [0.1, 0.15) is 46.0 Å². The average molecular weight is 310 g/mol. The van der Waals surface area contributed by atoms with E-state index in [0.717, 1.165) is 5.54 Å². The van der Waals surface area contributed by atoms with Gasteiger partial charge in [-0.3, -0.25) is 0 Å². The molecule has 22 heavy (non-hydrogen) atoms. The molecule has 117 valence electrons. The summed E-state index contributed by atoms with van der Waals surface area (Å²) in [6, 6.07) is 11.4. The first-order chi connectivity index (χ1) is 10.6. The fourth-order valence-corrected chi connectivity index (χ4v) is 9.57. The summed E-state index contributed by atoms with van der Waals surface area (Å²) >= 11 is 0. The van der Waals surface area contributed by atoms with E-state index in [-0.39, 0.29) is 0 Å². The van der Waals surface area contributed by atoms with Crippen LogP contribution < -0.4 is 5.19 Å². The van der Waals surface area contributed by atoms with Gasteiger partial charge in [0.1, 0.15) is 8.07 Å². The Balaban J connectivity index is 2.03. The van der Waals surface area contributed by atoms with Crippen molar-refractivity contribution in [2.24, 2.45) is 5.92 Å². The lowest BCUT2D eigenvalue weighted by molar-refractivity contribution is 0.493. The zero-order valence-corrected chi connectivity index (χ0v) is 15.3. The van der Waals surface area contributed by atoms with Gasteiger partial charge in [0, 0.05) is 5.54 Å². The molecule has 0 amide bonds. The second-order valence-electron chi connectivity index (χ2n) is 7.45. The highest BCUT2D eigenvalue weighted by Gasteiger charge is 2.46. The number of benzene rings is 1. The Hall–Kier alpha value is -1.08. The summed E-state index contributed by atoms with van der Waals surface area (Å²) in [4.78, 5) is 0. The average Bonchev–Trinajstić information content (AvgIpc) is 3.06. The smallest absolute Gasteiger partial charge is 0.0757 e. The summed E-state index contributed by atoms with van der Waals surface area (Å²) in [5.41, 5.74) is 4.22. The third-order valence-electron chi connectivity index (χ3n) is 5.83. The summed E-state index contributed by atoms with van der Waals surface area (Å²) < 4.78 is 0. The number of hydrogen-bond acceptors (Lipinski definition) is 0. The molecule has 1 saturated carbocycles. The molecule has 0 N–H and O–H groups in total. The van der Waals surface area contributed by atoms with E-state index in [0.29, 0.717) is 5.92 Å². The molecular formula is C21H29Si. The summed E-state index contributed by atoms with van der Waals surface area (Å²) in [7, 11) is -1.66. The van der Waals surface area contributed by atoms with Crippen LogP contribution in [0.15, 0.2) is 54.1 Å². The van der Waals surface area contributed by atoms with E-state index in [2.05, 4.69) is 69.0 Å². The maximum atomic E-state index is 2.64. The standard InChI is InChI=1S/C21H29Si/c1-17(2)20-15-10-16-21(20)22(3,18-11-6-4-7-12-18)19-13-8-5-9-14-19/h4,6-7,10-12,15-17,19H,5,8-9,13-14H2,1-3H3. The first-order valence-electron chi connectivity index (χ1n) is 8.95. The molecule has 0 aliphatic heterocycles. The second-order valence-corrected chi connectivity index (χ2v) is 11.8. The quantitative estimate of drug-likeness (QED) is 0.638. The minimum atomic E-state index is -1.66. The molecule has 1 fully saturated rings. The van der Waals surface area contributed by atoms with Crippen LogP contribution in [0, 0.1) is 11.5 Å². The van der Waals surface area contributed by atoms with Crippen molar-refractivity contribution in [1.82, 2.24) is 0 Å². The van der Waals surface area contributed by atoms with Crippen LogP contribution in [0.4, 0.5) is 0 Å². The van der Waals surface area contributed by atoms with Crippen LogP contribution in [0.2, 0.25) is 12.1 Å². The Morgan fingerprint density at radius 3 is 2.32 bits per heavy atom. The van der Waals surface area contributed by atoms with Crippen LogP contribution >= 0.6 is 0 Å². The van der Waals surface area contributed by atoms with Gasteiger partial charge in [-0.05, 0) is 11.5 Å². The van der Waals surface area contributed by atoms with Crippen molar-refractivity contribution >= 4 is 13.3 Å². The normalized spacial score (nSPS) is 22.8. The zero-order valence-electron chi connectivity index (χ0n) is 14.3. The van der Waals surface area contributed by atoms with Gasteiger partial charge >= 0.3 is 0 Å². The molecule has 1 radical (unpaired) electrons. The maximum Gasteiger partial charge on any atom is 0.102 e. The lowest BCUT2D eigenvalue weighted by Crippen LogP contribution is -2.55. The second kappa shape index (κ2) is 6.58. The Bertz CT molecular complexity index is 549. The van der Waals surface area contributed by atoms with Crippen molar-refractivity contribution in [2.75, 3.05) is 0 Å². The first kappa shape index (κ1) is 15.8. The molecule has 2 aliphatic carbocycles. The Labute approximate surface area is 137 Å². The van der Waals surface area contributed by atoms with E-state index < -0.39 is 8.07 Å². The molecule has 0 bridgehead atoms. The van der Waals surface area contributed by atoms with Crippen LogP contribution in [0.5, 0.6) is 0 Å². The third kappa shape index (κ3) is 2.76. The summed E-state index contributed by atoms with van der Waals surface area (Å²) in [5, 5.41) is 1.63. The van der Waals surface area contributed by atoms with Gasteiger partial charge in [-0.15, -0.1) is 0 Å². The highest BCUT2D eigenvalue weighted by Crippen LogP contribution is 2.46. The highest BCUT2D eigenvalue weighted by atomic mass is 28.3. The summed E-state index contributed by atoms with van der Waals surface area (Å²) in [5.74, 6) is 0.629. The molecule has 0 nitrogen and oxygen atoms in total. The molecule has 0 spiro atoms. The van der Waals surface area contributed by atoms with E-state index in [9.17, 15) is 0 Å². The molecule has 0 aromatic heterocycles. The molecule has 1 aromatic rings. The summed E-state index contributed by atoms with van der Waals surface area (Å²) in [6.45, 7) is 7.33. The molecule has 1 aromatic carbocycles. The molecule has 1 heteroatoms. The van der Waals surface area contributed by atoms with Crippen molar-refractivity contribution in [3.05, 3.63) is 59.7 Å². The zero-order chi connectivity index (χ0) is 15.6. The highest BCUT2D eigenvalue weighted by molar-refractivity contribution is 6.97. The van der Waals surface area contributed by atoms with Crippen molar-refractivity contribution in [3.8, 4) is 0 Å². The molecule has 1 unspecified atom stereocenters. The fourth-order valence-electron chi connectivity index (χ4n) is 4.49. The van der Waals surface area contributed by atoms with Gasteiger partial charge in [-0.2, -0.15) is 0 Å². The van der Waals surface area contributed by atoms with Gasteiger partial charge in [0.05, 0.1) is 0 Å². The van der Waals surface area contributed by atoms with Crippen molar-refractivity contribution in [2.45, 2.75) is 58.0 Å². The monoisotopic (exact) mass is 309 g/mol. The topological polar surface area (TPSA) is 0 Å². The van der Waals surface area contributed by atoms with E-state index in [1.54, 1.807) is 16.3 Å². The largest absolute Gasteiger partial charge is 0.102 e. The minimum absolute atomic E-state index is 0.629. The predicted octanol–water partition coefficient (Wildman–Crippen LogP) is 5.57. The summed E-state index contributed by atoms with van der Waals surface area (Å²) in [6.07, 6.45) is 14.3. The van der Waals surface area contributed by atoms with Crippen LogP contribution in [-0.4, -0.2) is 8.07 Å². The SMILES string of the molecule is CC(C)C1=CC=C[C]1[Si](C)(c1ccccc1)C1CCCCC1. The lowest BCUT2D eigenvalue weighted by Gasteiger charge is -2.43. The van der Waals surface area contributed by atoms with Gasteiger partial charge < -0.3 is 0 Å². The number of allylic oxidation sites excluding steroid dienone is 4. The van der Waals surface area contributed by atoms with Gasteiger partial charge in [0.25, 0.3) is 0 Å². The van der Waals surface area contributed by atoms with E-state index in [1.165, 1.54) is 32.1 Å². The van der Waals surface area contributed by atoms with E-state index >= 15 is 0 Å². The van der Waals surface area contributed by atoms with Gasteiger partial charge in [0.15, 0.2) is 0 Å². The minimum Gasteiger partial charge on any atom is -0.0757 e. The van der Waals surface area contributed by atoms with E-state index in [1.807, 2.05) is 0 Å².